The molecule has 6 nitrogen and oxygen atoms in total. The van der Waals surface area contributed by atoms with Crippen LogP contribution in [0, 0.1) is 0 Å². The topological polar surface area (TPSA) is 107 Å². The second-order valence-corrected chi connectivity index (χ2v) is 3.80. The van der Waals surface area contributed by atoms with Gasteiger partial charge in [0.05, 0.1) is 11.0 Å². The Labute approximate surface area is 100 Å². The van der Waals surface area contributed by atoms with Gasteiger partial charge in [0.1, 0.15) is 11.0 Å². The molecule has 0 aliphatic rings. The standard InChI is InChI=1S/C12H8N2O4/c15-9-7-8(10(16)12(18)11(9)17)14-6-4-2-1-3-5(6)13-7/h1-4,15-18H. The van der Waals surface area contributed by atoms with Crippen molar-refractivity contribution in [2.45, 2.75) is 0 Å². The second-order valence-electron chi connectivity index (χ2n) is 3.80. The molecular formula is C12H8N2O4. The van der Waals surface area contributed by atoms with E-state index >= 15 is 0 Å². The van der Waals surface area contributed by atoms with Crippen LogP contribution in [0.15, 0.2) is 24.3 Å². The van der Waals surface area contributed by atoms with E-state index in [-0.39, 0.29) is 11.0 Å². The second kappa shape index (κ2) is 3.36. The number of aromatic nitrogens is 2. The van der Waals surface area contributed by atoms with Gasteiger partial charge in [-0.05, 0) is 12.1 Å². The molecule has 0 amide bonds. The van der Waals surface area contributed by atoms with E-state index in [1.165, 1.54) is 0 Å². The molecule has 3 aromatic rings. The maximum Gasteiger partial charge on any atom is 0.206 e. The predicted molar refractivity (Wildman–Crippen MR) is 63.7 cm³/mol. The van der Waals surface area contributed by atoms with Gasteiger partial charge in [-0.1, -0.05) is 12.1 Å². The Hall–Kier alpha value is -2.76. The van der Waals surface area contributed by atoms with Crippen LogP contribution in [0.25, 0.3) is 22.1 Å². The SMILES string of the molecule is Oc1c(O)c(O)c2nc3ccccc3nc2c1O. The summed E-state index contributed by atoms with van der Waals surface area (Å²) in [6.07, 6.45) is 0. The number of phenols is 4. The van der Waals surface area contributed by atoms with Crippen LogP contribution in [0.4, 0.5) is 0 Å². The molecule has 0 saturated carbocycles. The molecule has 0 radical (unpaired) electrons. The molecule has 18 heavy (non-hydrogen) atoms. The maximum atomic E-state index is 9.70. The molecule has 0 aliphatic carbocycles. The van der Waals surface area contributed by atoms with Crippen LogP contribution in [0.5, 0.6) is 23.0 Å². The molecule has 90 valence electrons. The highest BCUT2D eigenvalue weighted by Crippen LogP contribution is 2.47. The number of rotatable bonds is 0. The van der Waals surface area contributed by atoms with Gasteiger partial charge in [-0.25, -0.2) is 9.97 Å². The van der Waals surface area contributed by atoms with Crippen molar-refractivity contribution in [1.29, 1.82) is 0 Å². The van der Waals surface area contributed by atoms with E-state index in [9.17, 15) is 20.4 Å². The summed E-state index contributed by atoms with van der Waals surface area (Å²) >= 11 is 0. The fourth-order valence-electron chi connectivity index (χ4n) is 1.78. The van der Waals surface area contributed by atoms with Crippen molar-refractivity contribution in [2.24, 2.45) is 0 Å². The van der Waals surface area contributed by atoms with Gasteiger partial charge in [0.15, 0.2) is 11.5 Å². The molecule has 0 fully saturated rings. The number of phenolic OH excluding ortho intramolecular Hbond substituents is 4. The summed E-state index contributed by atoms with van der Waals surface area (Å²) in [5.41, 5.74) is 0.873. The molecule has 4 N–H and O–H groups in total. The Kier molecular flexibility index (Phi) is 1.94. The van der Waals surface area contributed by atoms with Gasteiger partial charge in [0, 0.05) is 0 Å². The number of aromatic hydroxyl groups is 4. The molecule has 0 atom stereocenters. The van der Waals surface area contributed by atoms with Crippen molar-refractivity contribution in [3.8, 4) is 23.0 Å². The van der Waals surface area contributed by atoms with E-state index < -0.39 is 23.0 Å². The van der Waals surface area contributed by atoms with Gasteiger partial charge in [0.2, 0.25) is 11.5 Å². The van der Waals surface area contributed by atoms with E-state index in [1.807, 2.05) is 0 Å². The third-order valence-corrected chi connectivity index (χ3v) is 2.69. The van der Waals surface area contributed by atoms with E-state index in [4.69, 9.17) is 0 Å². The van der Waals surface area contributed by atoms with Crippen LogP contribution in [-0.4, -0.2) is 30.4 Å². The summed E-state index contributed by atoms with van der Waals surface area (Å²) in [5, 5.41) is 38.3. The van der Waals surface area contributed by atoms with Gasteiger partial charge in [0.25, 0.3) is 0 Å². The fraction of sp³-hybridized carbons (Fsp3) is 0. The average Bonchev–Trinajstić information content (AvgIpc) is 2.41. The van der Waals surface area contributed by atoms with Crippen LogP contribution in [-0.2, 0) is 0 Å². The molecule has 0 unspecified atom stereocenters. The van der Waals surface area contributed by atoms with Crippen molar-refractivity contribution < 1.29 is 20.4 Å². The number of para-hydroxylation sites is 2. The van der Waals surface area contributed by atoms with Gasteiger partial charge in [-0.3, -0.25) is 0 Å². The molecule has 0 aliphatic heterocycles. The van der Waals surface area contributed by atoms with Crippen LogP contribution in [0.2, 0.25) is 0 Å². The lowest BCUT2D eigenvalue weighted by Gasteiger charge is -2.08. The lowest BCUT2D eigenvalue weighted by Crippen LogP contribution is -1.89. The average molecular weight is 244 g/mol. The normalized spacial score (nSPS) is 11.1. The number of hydrogen-bond donors (Lipinski definition) is 4. The van der Waals surface area contributed by atoms with E-state index in [0.717, 1.165) is 0 Å². The predicted octanol–water partition coefficient (Wildman–Crippen LogP) is 1.61. The minimum atomic E-state index is -0.815. The van der Waals surface area contributed by atoms with Crippen molar-refractivity contribution in [2.75, 3.05) is 0 Å². The molecule has 6 heteroatoms. The molecule has 2 aromatic carbocycles. The summed E-state index contributed by atoms with van der Waals surface area (Å²) in [4.78, 5) is 8.19. The highest BCUT2D eigenvalue weighted by atomic mass is 16.3. The Morgan fingerprint density at radius 2 is 1.00 bits per heavy atom. The molecule has 3 rings (SSSR count). The first-order valence-electron chi connectivity index (χ1n) is 5.12. The van der Waals surface area contributed by atoms with Crippen molar-refractivity contribution in [3.63, 3.8) is 0 Å². The van der Waals surface area contributed by atoms with Crippen LogP contribution in [0.3, 0.4) is 0 Å². The summed E-state index contributed by atoms with van der Waals surface area (Å²) in [6.45, 7) is 0. The largest absolute Gasteiger partial charge is 0.503 e. The maximum absolute atomic E-state index is 9.70. The van der Waals surface area contributed by atoms with Crippen LogP contribution in [0.1, 0.15) is 0 Å². The van der Waals surface area contributed by atoms with E-state index in [0.29, 0.717) is 11.0 Å². The minimum Gasteiger partial charge on any atom is -0.503 e. The first kappa shape index (κ1) is 10.4. The van der Waals surface area contributed by atoms with Crippen molar-refractivity contribution >= 4 is 22.1 Å². The molecular weight excluding hydrogens is 236 g/mol. The van der Waals surface area contributed by atoms with E-state index in [2.05, 4.69) is 9.97 Å². The molecule has 0 bridgehead atoms. The summed E-state index contributed by atoms with van der Waals surface area (Å²) < 4.78 is 0. The first-order chi connectivity index (χ1) is 8.59. The Bertz CT molecular complexity index is 720. The van der Waals surface area contributed by atoms with Crippen LogP contribution >= 0.6 is 0 Å². The van der Waals surface area contributed by atoms with Crippen LogP contribution < -0.4 is 0 Å². The third kappa shape index (κ3) is 1.22. The zero-order valence-electron chi connectivity index (χ0n) is 8.99. The lowest BCUT2D eigenvalue weighted by molar-refractivity contribution is 0.350. The summed E-state index contributed by atoms with van der Waals surface area (Å²) in [7, 11) is 0. The molecule has 0 spiro atoms. The molecule has 1 aromatic heterocycles. The lowest BCUT2D eigenvalue weighted by atomic mass is 10.2. The van der Waals surface area contributed by atoms with Gasteiger partial charge < -0.3 is 20.4 Å². The smallest absolute Gasteiger partial charge is 0.206 e. The molecule has 0 saturated heterocycles. The summed E-state index contributed by atoms with van der Waals surface area (Å²) in [5.74, 6) is -2.86. The number of hydrogen-bond acceptors (Lipinski definition) is 6. The monoisotopic (exact) mass is 244 g/mol. The van der Waals surface area contributed by atoms with Crippen molar-refractivity contribution in [1.82, 2.24) is 9.97 Å². The quantitative estimate of drug-likeness (QED) is 0.272. The zero-order chi connectivity index (χ0) is 12.9. The minimum absolute atomic E-state index is 0.0681. The van der Waals surface area contributed by atoms with Gasteiger partial charge in [-0.2, -0.15) is 0 Å². The highest BCUT2D eigenvalue weighted by Gasteiger charge is 2.20. The Morgan fingerprint density at radius 3 is 1.39 bits per heavy atom. The van der Waals surface area contributed by atoms with Gasteiger partial charge >= 0.3 is 0 Å². The third-order valence-electron chi connectivity index (χ3n) is 2.69. The zero-order valence-corrected chi connectivity index (χ0v) is 8.99. The number of fused-ring (bicyclic) bond motifs is 2. The molecule has 1 heterocycles. The highest BCUT2D eigenvalue weighted by molar-refractivity contribution is 5.96. The number of nitrogens with zero attached hydrogens (tertiary/aromatic N) is 2. The fourth-order valence-corrected chi connectivity index (χ4v) is 1.78. The van der Waals surface area contributed by atoms with Crippen molar-refractivity contribution in [3.05, 3.63) is 24.3 Å². The van der Waals surface area contributed by atoms with Gasteiger partial charge in [-0.15, -0.1) is 0 Å². The number of benzene rings is 2. The Morgan fingerprint density at radius 1 is 0.611 bits per heavy atom. The summed E-state index contributed by atoms with van der Waals surface area (Å²) in [6, 6.07) is 6.87. The Balaban J connectivity index is 2.58. The first-order valence-corrected chi connectivity index (χ1v) is 5.12. The van der Waals surface area contributed by atoms with E-state index in [1.54, 1.807) is 24.3 Å².